The number of hydrogen-bond donors (Lipinski definition) is 3. The van der Waals surface area contributed by atoms with E-state index in [0.29, 0.717) is 29.8 Å². The third kappa shape index (κ3) is 7.86. The molecular formula is C17H25N3O4S. The van der Waals surface area contributed by atoms with Crippen LogP contribution in [0.15, 0.2) is 24.3 Å². The Labute approximate surface area is 153 Å². The molecule has 1 amide bonds. The minimum Gasteiger partial charge on any atom is -0.493 e. The molecule has 1 atom stereocenters. The van der Waals surface area contributed by atoms with Gasteiger partial charge < -0.3 is 19.5 Å². The number of amides is 1. The molecule has 8 heteroatoms. The average Bonchev–Trinajstić information content (AvgIpc) is 2.58. The van der Waals surface area contributed by atoms with E-state index in [1.807, 2.05) is 19.9 Å². The maximum Gasteiger partial charge on any atom is 0.262 e. The van der Waals surface area contributed by atoms with Crippen molar-refractivity contribution < 1.29 is 19.0 Å². The van der Waals surface area contributed by atoms with Gasteiger partial charge in [0.05, 0.1) is 20.3 Å². The van der Waals surface area contributed by atoms with Crippen molar-refractivity contribution in [2.24, 2.45) is 0 Å². The van der Waals surface area contributed by atoms with Gasteiger partial charge >= 0.3 is 0 Å². The first-order chi connectivity index (χ1) is 12.0. The van der Waals surface area contributed by atoms with Crippen LogP contribution in [0.1, 0.15) is 19.4 Å². The van der Waals surface area contributed by atoms with Crippen molar-refractivity contribution in [3.05, 3.63) is 29.8 Å². The number of ether oxygens (including phenoxy) is 3. The van der Waals surface area contributed by atoms with Gasteiger partial charge in [-0.3, -0.25) is 15.6 Å². The number of benzene rings is 1. The summed E-state index contributed by atoms with van der Waals surface area (Å²) in [5.41, 5.74) is 5.93. The van der Waals surface area contributed by atoms with Crippen LogP contribution in [0.25, 0.3) is 6.08 Å². The van der Waals surface area contributed by atoms with E-state index in [4.69, 9.17) is 26.4 Å². The van der Waals surface area contributed by atoms with E-state index in [9.17, 15) is 4.79 Å². The largest absolute Gasteiger partial charge is 0.493 e. The third-order valence-corrected chi connectivity index (χ3v) is 3.23. The van der Waals surface area contributed by atoms with E-state index in [1.54, 1.807) is 32.4 Å². The maximum absolute atomic E-state index is 11.8. The number of carbonyl (C=O) groups excluding carboxylic acids is 1. The Hall–Kier alpha value is -2.32. The Balaban J connectivity index is 2.53. The minimum absolute atomic E-state index is 0.0359. The molecule has 0 aliphatic heterocycles. The van der Waals surface area contributed by atoms with E-state index < -0.39 is 0 Å². The van der Waals surface area contributed by atoms with E-state index in [2.05, 4.69) is 16.2 Å². The van der Waals surface area contributed by atoms with Crippen LogP contribution in [0.4, 0.5) is 0 Å². The third-order valence-electron chi connectivity index (χ3n) is 3.01. The van der Waals surface area contributed by atoms with Crippen LogP contribution in [0, 0.1) is 0 Å². The van der Waals surface area contributed by atoms with Gasteiger partial charge in [-0.25, -0.2) is 0 Å². The molecule has 0 bridgehead atoms. The summed E-state index contributed by atoms with van der Waals surface area (Å²) in [6, 6.07) is 5.46. The van der Waals surface area contributed by atoms with Crippen LogP contribution in [0.2, 0.25) is 0 Å². The van der Waals surface area contributed by atoms with Crippen LogP contribution in [0.5, 0.6) is 11.5 Å². The molecule has 0 aromatic heterocycles. The van der Waals surface area contributed by atoms with Crippen molar-refractivity contribution in [3.8, 4) is 11.5 Å². The number of carbonyl (C=O) groups is 1. The van der Waals surface area contributed by atoms with Crippen LogP contribution in [0.3, 0.4) is 0 Å². The second kappa shape index (κ2) is 11.3. The Kier molecular flexibility index (Phi) is 9.34. The fourth-order valence-electron chi connectivity index (χ4n) is 1.95. The normalized spacial score (nSPS) is 11.7. The van der Waals surface area contributed by atoms with Gasteiger partial charge in [0.25, 0.3) is 5.91 Å². The fourth-order valence-corrected chi connectivity index (χ4v) is 2.20. The predicted molar refractivity (Wildman–Crippen MR) is 102 cm³/mol. The van der Waals surface area contributed by atoms with E-state index in [0.717, 1.165) is 5.56 Å². The van der Waals surface area contributed by atoms with Crippen molar-refractivity contribution in [1.82, 2.24) is 16.2 Å². The molecule has 1 aromatic carbocycles. The first-order valence-electron chi connectivity index (χ1n) is 7.84. The lowest BCUT2D eigenvalue weighted by atomic mass is 10.2. The monoisotopic (exact) mass is 367 g/mol. The lowest BCUT2D eigenvalue weighted by Crippen LogP contribution is -2.49. The zero-order valence-corrected chi connectivity index (χ0v) is 15.7. The number of rotatable bonds is 8. The van der Waals surface area contributed by atoms with Gasteiger partial charge in [0.2, 0.25) is 0 Å². The maximum atomic E-state index is 11.8. The molecule has 138 valence electrons. The number of thiocarbonyl (C=S) groups is 1. The number of nitrogens with one attached hydrogen (secondary N) is 3. The number of methoxy groups -OCH3 is 2. The second-order valence-corrected chi connectivity index (χ2v) is 5.53. The standard InChI is InChI=1S/C17H25N3O4S/c1-5-24-15-10-13(6-8-14(15)23-4)7-9-16(21)19-20-17(25)18-12(2)11-22-3/h6-10,12H,5,11H2,1-4H3,(H,19,21)(H2,18,20,25)/b9-7+/t12-/m1/s1. The van der Waals surface area contributed by atoms with Gasteiger partial charge in [-0.05, 0) is 49.8 Å². The second-order valence-electron chi connectivity index (χ2n) is 5.12. The molecule has 1 aromatic rings. The highest BCUT2D eigenvalue weighted by Crippen LogP contribution is 2.28. The minimum atomic E-state index is -0.336. The molecule has 1 rings (SSSR count). The van der Waals surface area contributed by atoms with Crippen LogP contribution >= 0.6 is 12.2 Å². The summed E-state index contributed by atoms with van der Waals surface area (Å²) >= 11 is 5.07. The van der Waals surface area contributed by atoms with Gasteiger partial charge in [-0.2, -0.15) is 0 Å². The van der Waals surface area contributed by atoms with Gasteiger partial charge in [0, 0.05) is 19.2 Å². The topological polar surface area (TPSA) is 80.9 Å². The van der Waals surface area contributed by atoms with Gasteiger partial charge in [-0.15, -0.1) is 0 Å². The van der Waals surface area contributed by atoms with Gasteiger partial charge in [0.1, 0.15) is 0 Å². The molecule has 3 N–H and O–H groups in total. The SMILES string of the molecule is CCOc1cc(/C=C/C(=O)NNC(=S)N[C@H](C)COC)ccc1OC. The first-order valence-corrected chi connectivity index (χ1v) is 8.25. The Morgan fingerprint density at radius 3 is 2.68 bits per heavy atom. The molecule has 0 radical (unpaired) electrons. The highest BCUT2D eigenvalue weighted by atomic mass is 32.1. The molecular weight excluding hydrogens is 342 g/mol. The molecule has 0 saturated heterocycles. The van der Waals surface area contributed by atoms with Crippen LogP contribution < -0.4 is 25.6 Å². The predicted octanol–water partition coefficient (Wildman–Crippen LogP) is 1.64. The molecule has 0 spiro atoms. The molecule has 0 heterocycles. The number of hydrazine groups is 1. The van der Waals surface area contributed by atoms with Crippen molar-refractivity contribution in [1.29, 1.82) is 0 Å². The highest BCUT2D eigenvalue weighted by Gasteiger charge is 2.05. The molecule has 0 saturated carbocycles. The summed E-state index contributed by atoms with van der Waals surface area (Å²) in [6.07, 6.45) is 3.06. The molecule has 25 heavy (non-hydrogen) atoms. The van der Waals surface area contributed by atoms with Crippen LogP contribution in [-0.2, 0) is 9.53 Å². The van der Waals surface area contributed by atoms with Crippen molar-refractivity contribution in [2.75, 3.05) is 27.4 Å². The van der Waals surface area contributed by atoms with Crippen molar-refractivity contribution >= 4 is 29.3 Å². The Bertz CT molecular complexity index is 608. The molecule has 0 unspecified atom stereocenters. The van der Waals surface area contributed by atoms with E-state index in [-0.39, 0.29) is 11.9 Å². The highest BCUT2D eigenvalue weighted by molar-refractivity contribution is 7.80. The van der Waals surface area contributed by atoms with E-state index in [1.165, 1.54) is 6.08 Å². The summed E-state index contributed by atoms with van der Waals surface area (Å²) in [7, 11) is 3.19. The lowest BCUT2D eigenvalue weighted by Gasteiger charge is -2.15. The van der Waals surface area contributed by atoms with E-state index >= 15 is 0 Å². The summed E-state index contributed by atoms with van der Waals surface area (Å²) in [5, 5.41) is 3.28. The zero-order valence-electron chi connectivity index (χ0n) is 14.9. The molecule has 0 fully saturated rings. The zero-order chi connectivity index (χ0) is 18.7. The summed E-state index contributed by atoms with van der Waals surface area (Å²) < 4.78 is 15.7. The lowest BCUT2D eigenvalue weighted by molar-refractivity contribution is -0.116. The Morgan fingerprint density at radius 2 is 2.04 bits per heavy atom. The summed E-state index contributed by atoms with van der Waals surface area (Å²) in [4.78, 5) is 11.8. The summed E-state index contributed by atoms with van der Waals surface area (Å²) in [6.45, 7) is 4.85. The smallest absolute Gasteiger partial charge is 0.262 e. The van der Waals surface area contributed by atoms with Gasteiger partial charge in [-0.1, -0.05) is 6.07 Å². The Morgan fingerprint density at radius 1 is 1.28 bits per heavy atom. The average molecular weight is 367 g/mol. The van der Waals surface area contributed by atoms with Crippen molar-refractivity contribution in [3.63, 3.8) is 0 Å². The molecule has 0 aliphatic rings. The number of hydrogen-bond acceptors (Lipinski definition) is 5. The van der Waals surface area contributed by atoms with Gasteiger partial charge in [0.15, 0.2) is 16.6 Å². The fraction of sp³-hybridized carbons (Fsp3) is 0.412. The summed E-state index contributed by atoms with van der Waals surface area (Å²) in [5.74, 6) is 0.937. The van der Waals surface area contributed by atoms with Crippen LogP contribution in [-0.4, -0.2) is 44.5 Å². The first kappa shape index (κ1) is 20.7. The quantitative estimate of drug-likeness (QED) is 0.366. The molecule has 0 aliphatic carbocycles. The van der Waals surface area contributed by atoms with Crippen molar-refractivity contribution in [2.45, 2.75) is 19.9 Å². The molecule has 7 nitrogen and oxygen atoms in total.